The lowest BCUT2D eigenvalue weighted by atomic mass is 9.87. The van der Waals surface area contributed by atoms with Crippen molar-refractivity contribution >= 4 is 0 Å². The molecule has 1 atom stereocenters. The Bertz CT molecular complexity index is 278. The standard InChI is InChI=1S/C11H21N.C6H6/c1-2-10-5-4-8-12(9-10)11-6-3-7-11;1-2-4-6-5-3-1/h10-11H,2-9H2,1H3;1-6H/t10-;/m0./s1. The minimum absolute atomic E-state index is 0.986. The number of piperidine rings is 1. The van der Waals surface area contributed by atoms with E-state index in [9.17, 15) is 0 Å². The second-order valence-electron chi connectivity index (χ2n) is 5.65. The normalized spacial score (nSPS) is 24.8. The van der Waals surface area contributed by atoms with Crippen molar-refractivity contribution in [3.8, 4) is 0 Å². The van der Waals surface area contributed by atoms with Crippen molar-refractivity contribution in [1.29, 1.82) is 0 Å². The van der Waals surface area contributed by atoms with Crippen LogP contribution in [0.1, 0.15) is 45.4 Å². The zero-order valence-electron chi connectivity index (χ0n) is 11.7. The Morgan fingerprint density at radius 3 is 1.94 bits per heavy atom. The second kappa shape index (κ2) is 7.58. The van der Waals surface area contributed by atoms with Crippen LogP contribution in [0.25, 0.3) is 0 Å². The molecule has 0 amide bonds. The first kappa shape index (κ1) is 13.6. The van der Waals surface area contributed by atoms with E-state index >= 15 is 0 Å². The van der Waals surface area contributed by atoms with Gasteiger partial charge in [-0.1, -0.05) is 56.2 Å². The van der Waals surface area contributed by atoms with E-state index in [0.717, 1.165) is 12.0 Å². The highest BCUT2D eigenvalue weighted by Crippen LogP contribution is 2.29. The van der Waals surface area contributed by atoms with Gasteiger partial charge in [0.15, 0.2) is 0 Å². The maximum atomic E-state index is 2.75. The fourth-order valence-electron chi connectivity index (χ4n) is 2.90. The molecule has 0 bridgehead atoms. The van der Waals surface area contributed by atoms with E-state index in [1.807, 2.05) is 36.4 Å². The predicted molar refractivity (Wildman–Crippen MR) is 78.7 cm³/mol. The van der Waals surface area contributed by atoms with E-state index < -0.39 is 0 Å². The van der Waals surface area contributed by atoms with Crippen molar-refractivity contribution in [3.05, 3.63) is 36.4 Å². The van der Waals surface area contributed by atoms with Crippen LogP contribution in [-0.4, -0.2) is 24.0 Å². The van der Waals surface area contributed by atoms with Crippen LogP contribution in [0.5, 0.6) is 0 Å². The molecule has 1 aromatic rings. The number of rotatable bonds is 2. The summed E-state index contributed by atoms with van der Waals surface area (Å²) in [5, 5.41) is 0. The summed E-state index contributed by atoms with van der Waals surface area (Å²) in [4.78, 5) is 2.75. The highest BCUT2D eigenvalue weighted by molar-refractivity contribution is 4.99. The fourth-order valence-corrected chi connectivity index (χ4v) is 2.90. The van der Waals surface area contributed by atoms with Crippen LogP contribution in [0.4, 0.5) is 0 Å². The first-order valence-electron chi connectivity index (χ1n) is 7.64. The van der Waals surface area contributed by atoms with E-state index in [-0.39, 0.29) is 0 Å². The Morgan fingerprint density at radius 1 is 0.889 bits per heavy atom. The van der Waals surface area contributed by atoms with Crippen LogP contribution < -0.4 is 0 Å². The number of hydrogen-bond acceptors (Lipinski definition) is 1. The summed E-state index contributed by atoms with van der Waals surface area (Å²) in [6.45, 7) is 5.14. The molecule has 0 N–H and O–H groups in total. The molecule has 1 nitrogen and oxygen atoms in total. The van der Waals surface area contributed by atoms with Crippen LogP contribution in [-0.2, 0) is 0 Å². The molecular weight excluding hydrogens is 218 g/mol. The molecule has 18 heavy (non-hydrogen) atoms. The number of likely N-dealkylation sites (tertiary alicyclic amines) is 1. The molecule has 1 aliphatic carbocycles. The van der Waals surface area contributed by atoms with Crippen molar-refractivity contribution in [1.82, 2.24) is 4.90 Å². The molecule has 1 heterocycles. The topological polar surface area (TPSA) is 3.24 Å². The zero-order valence-corrected chi connectivity index (χ0v) is 11.7. The summed E-state index contributed by atoms with van der Waals surface area (Å²) in [5.41, 5.74) is 0. The van der Waals surface area contributed by atoms with Gasteiger partial charge >= 0.3 is 0 Å². The molecule has 0 spiro atoms. The van der Waals surface area contributed by atoms with Gasteiger partial charge in [-0.25, -0.2) is 0 Å². The number of nitrogens with zero attached hydrogens (tertiary/aromatic N) is 1. The lowest BCUT2D eigenvalue weighted by Gasteiger charge is -2.42. The van der Waals surface area contributed by atoms with Crippen LogP contribution in [0, 0.1) is 5.92 Å². The smallest absolute Gasteiger partial charge is 0.00953 e. The average Bonchev–Trinajstić information content (AvgIpc) is 2.40. The zero-order chi connectivity index (χ0) is 12.6. The van der Waals surface area contributed by atoms with Crippen molar-refractivity contribution in [3.63, 3.8) is 0 Å². The van der Waals surface area contributed by atoms with E-state index in [2.05, 4.69) is 11.8 Å². The predicted octanol–water partition coefficient (Wildman–Crippen LogP) is 4.35. The Morgan fingerprint density at radius 2 is 1.50 bits per heavy atom. The summed E-state index contributed by atoms with van der Waals surface area (Å²) in [7, 11) is 0. The molecule has 3 rings (SSSR count). The molecule has 1 aliphatic heterocycles. The average molecular weight is 245 g/mol. The van der Waals surface area contributed by atoms with Gasteiger partial charge in [0, 0.05) is 12.6 Å². The van der Waals surface area contributed by atoms with Crippen molar-refractivity contribution in [2.45, 2.75) is 51.5 Å². The molecule has 0 aromatic heterocycles. The van der Waals surface area contributed by atoms with Crippen LogP contribution in [0.15, 0.2) is 36.4 Å². The van der Waals surface area contributed by atoms with Crippen molar-refractivity contribution in [2.75, 3.05) is 13.1 Å². The van der Waals surface area contributed by atoms with Crippen LogP contribution in [0.3, 0.4) is 0 Å². The minimum atomic E-state index is 0.986. The summed E-state index contributed by atoms with van der Waals surface area (Å²) in [5.74, 6) is 1.01. The largest absolute Gasteiger partial charge is 0.300 e. The summed E-state index contributed by atoms with van der Waals surface area (Å²) in [6.07, 6.45) is 8.78. The molecule has 1 aromatic carbocycles. The molecule has 2 fully saturated rings. The van der Waals surface area contributed by atoms with Gasteiger partial charge in [-0.05, 0) is 38.1 Å². The van der Waals surface area contributed by atoms with Gasteiger partial charge in [-0.15, -0.1) is 0 Å². The lowest BCUT2D eigenvalue weighted by molar-refractivity contribution is 0.0759. The summed E-state index contributed by atoms with van der Waals surface area (Å²) >= 11 is 0. The van der Waals surface area contributed by atoms with E-state index in [1.165, 1.54) is 51.6 Å². The molecule has 0 radical (unpaired) electrons. The monoisotopic (exact) mass is 245 g/mol. The number of hydrogen-bond donors (Lipinski definition) is 0. The Labute approximate surface area is 112 Å². The van der Waals surface area contributed by atoms with Crippen LogP contribution >= 0.6 is 0 Å². The van der Waals surface area contributed by atoms with Gasteiger partial charge in [0.25, 0.3) is 0 Å². The molecule has 1 saturated carbocycles. The van der Waals surface area contributed by atoms with Crippen molar-refractivity contribution in [2.24, 2.45) is 5.92 Å². The molecule has 1 saturated heterocycles. The van der Waals surface area contributed by atoms with E-state index in [0.29, 0.717) is 0 Å². The van der Waals surface area contributed by atoms with Gasteiger partial charge in [-0.2, -0.15) is 0 Å². The lowest BCUT2D eigenvalue weighted by Crippen LogP contribution is -2.45. The third-order valence-electron chi connectivity index (χ3n) is 4.39. The SMILES string of the molecule is CC[C@H]1CCCN(C2CCC2)C1.c1ccccc1. The summed E-state index contributed by atoms with van der Waals surface area (Å²) in [6, 6.07) is 13.0. The van der Waals surface area contributed by atoms with Crippen molar-refractivity contribution < 1.29 is 0 Å². The fraction of sp³-hybridized carbons (Fsp3) is 0.647. The maximum Gasteiger partial charge on any atom is 0.00953 e. The molecular formula is C17H27N. The van der Waals surface area contributed by atoms with Gasteiger partial charge in [0.1, 0.15) is 0 Å². The highest BCUT2D eigenvalue weighted by atomic mass is 15.2. The quantitative estimate of drug-likeness (QED) is 0.749. The second-order valence-corrected chi connectivity index (χ2v) is 5.65. The Balaban J connectivity index is 0.000000169. The third kappa shape index (κ3) is 4.13. The molecule has 1 heteroatoms. The van der Waals surface area contributed by atoms with Gasteiger partial charge in [0.2, 0.25) is 0 Å². The number of benzene rings is 1. The maximum absolute atomic E-state index is 2.75. The Hall–Kier alpha value is -0.820. The van der Waals surface area contributed by atoms with Crippen LogP contribution in [0.2, 0.25) is 0 Å². The first-order chi connectivity index (χ1) is 8.90. The van der Waals surface area contributed by atoms with Gasteiger partial charge in [0.05, 0.1) is 0 Å². The molecule has 2 aliphatic rings. The van der Waals surface area contributed by atoms with Gasteiger partial charge in [-0.3, -0.25) is 0 Å². The molecule has 0 unspecified atom stereocenters. The van der Waals surface area contributed by atoms with E-state index in [4.69, 9.17) is 0 Å². The minimum Gasteiger partial charge on any atom is -0.300 e. The molecule has 100 valence electrons. The first-order valence-corrected chi connectivity index (χ1v) is 7.64. The Kier molecular flexibility index (Phi) is 5.73. The van der Waals surface area contributed by atoms with E-state index in [1.54, 1.807) is 0 Å². The van der Waals surface area contributed by atoms with Gasteiger partial charge < -0.3 is 4.90 Å². The summed E-state index contributed by atoms with van der Waals surface area (Å²) < 4.78 is 0. The highest BCUT2D eigenvalue weighted by Gasteiger charge is 2.28. The third-order valence-corrected chi connectivity index (χ3v) is 4.39.